The molecule has 0 aliphatic rings. The van der Waals surface area contributed by atoms with Crippen LogP contribution in [0.25, 0.3) is 0 Å². The fraction of sp³-hybridized carbons (Fsp3) is 0.600. The molecule has 0 unspecified atom stereocenters. The molecule has 0 aromatic heterocycles. The number of primary amides is 1. The Balaban J connectivity index is 4.07. The first-order chi connectivity index (χ1) is 7.97. The monoisotopic (exact) mass is 241 g/mol. The predicted molar refractivity (Wildman–Crippen MR) is 57.2 cm³/mol. The van der Waals surface area contributed by atoms with E-state index in [9.17, 15) is 14.4 Å². The van der Waals surface area contributed by atoms with Gasteiger partial charge in [0.1, 0.15) is 6.04 Å². The average molecular weight is 241 g/mol. The maximum Gasteiger partial charge on any atom is 0.303 e. The Morgan fingerprint density at radius 3 is 2.59 bits per heavy atom. The van der Waals surface area contributed by atoms with Crippen molar-refractivity contribution in [2.45, 2.75) is 32.2 Å². The van der Waals surface area contributed by atoms with Crippen LogP contribution in [0.2, 0.25) is 0 Å². The van der Waals surface area contributed by atoms with Crippen LogP contribution in [0.5, 0.6) is 0 Å². The van der Waals surface area contributed by atoms with Gasteiger partial charge >= 0.3 is 5.97 Å². The summed E-state index contributed by atoms with van der Waals surface area (Å²) in [7, 11) is 0. The summed E-state index contributed by atoms with van der Waals surface area (Å²) in [6.07, 6.45) is 1.02. The first-order valence-electron chi connectivity index (χ1n) is 5.06. The maximum atomic E-state index is 11.2. The van der Waals surface area contributed by atoms with Crippen molar-refractivity contribution < 1.29 is 19.1 Å². The molecule has 0 saturated heterocycles. The van der Waals surface area contributed by atoms with Crippen molar-refractivity contribution in [2.75, 3.05) is 6.61 Å². The number of nitriles is 1. The van der Waals surface area contributed by atoms with Gasteiger partial charge in [0.15, 0.2) is 6.61 Å². The Kier molecular flexibility index (Phi) is 7.10. The molecule has 3 N–H and O–H groups in total. The van der Waals surface area contributed by atoms with E-state index in [2.05, 4.69) is 10.1 Å². The Bertz CT molecular complexity index is 335. The van der Waals surface area contributed by atoms with Crippen molar-refractivity contribution in [3.05, 3.63) is 0 Å². The fourth-order valence-corrected chi connectivity index (χ4v) is 1.07. The number of esters is 1. The summed E-state index contributed by atoms with van der Waals surface area (Å²) in [5, 5.41) is 10.7. The van der Waals surface area contributed by atoms with Gasteiger partial charge in [0.25, 0.3) is 5.91 Å². The molecule has 1 atom stereocenters. The molecule has 94 valence electrons. The highest BCUT2D eigenvalue weighted by molar-refractivity contribution is 5.87. The van der Waals surface area contributed by atoms with Crippen LogP contribution < -0.4 is 11.1 Å². The van der Waals surface area contributed by atoms with Gasteiger partial charge in [-0.1, -0.05) is 0 Å². The summed E-state index contributed by atoms with van der Waals surface area (Å²) in [5.74, 6) is -1.86. The molecule has 17 heavy (non-hydrogen) atoms. The average Bonchev–Trinajstić information content (AvgIpc) is 2.25. The van der Waals surface area contributed by atoms with Crippen LogP contribution in [0, 0.1) is 11.3 Å². The van der Waals surface area contributed by atoms with Gasteiger partial charge in [-0.2, -0.15) is 5.26 Å². The smallest absolute Gasteiger partial charge is 0.303 e. The van der Waals surface area contributed by atoms with E-state index in [1.165, 1.54) is 6.92 Å². The Labute approximate surface area is 98.9 Å². The molecular weight excluding hydrogens is 226 g/mol. The molecular formula is C10H15N3O4. The topological polar surface area (TPSA) is 122 Å². The lowest BCUT2D eigenvalue weighted by atomic mass is 10.1. The van der Waals surface area contributed by atoms with E-state index in [0.29, 0.717) is 6.42 Å². The standard InChI is InChI=1S/C10H15N3O4/c1-7(14)17-6-9(15)13-8(10(12)16)4-2-3-5-11/h8H,2-4,6H2,1H3,(H2,12,16)(H,13,15)/t8-/m0/s1. The van der Waals surface area contributed by atoms with Crippen LogP contribution in [0.15, 0.2) is 0 Å². The van der Waals surface area contributed by atoms with Gasteiger partial charge < -0.3 is 15.8 Å². The zero-order valence-electron chi connectivity index (χ0n) is 9.56. The second-order valence-electron chi connectivity index (χ2n) is 3.35. The van der Waals surface area contributed by atoms with Crippen molar-refractivity contribution in [1.82, 2.24) is 5.32 Å². The number of ether oxygens (including phenoxy) is 1. The number of carbonyl (C=O) groups excluding carboxylic acids is 3. The van der Waals surface area contributed by atoms with Gasteiger partial charge in [-0.05, 0) is 12.8 Å². The second kappa shape index (κ2) is 8.10. The summed E-state index contributed by atoms with van der Waals surface area (Å²) in [4.78, 5) is 32.7. The molecule has 0 aliphatic heterocycles. The number of rotatable bonds is 7. The zero-order valence-corrected chi connectivity index (χ0v) is 9.56. The van der Waals surface area contributed by atoms with E-state index in [0.717, 1.165) is 0 Å². The van der Waals surface area contributed by atoms with Gasteiger partial charge in [-0.3, -0.25) is 14.4 Å². The highest BCUT2D eigenvalue weighted by Crippen LogP contribution is 2.00. The lowest BCUT2D eigenvalue weighted by molar-refractivity contribution is -0.146. The van der Waals surface area contributed by atoms with Crippen LogP contribution in [0.3, 0.4) is 0 Å². The summed E-state index contributed by atoms with van der Waals surface area (Å²) in [5.41, 5.74) is 5.08. The molecule has 0 saturated carbocycles. The van der Waals surface area contributed by atoms with Crippen molar-refractivity contribution in [2.24, 2.45) is 5.73 Å². The van der Waals surface area contributed by atoms with Crippen LogP contribution in [0.4, 0.5) is 0 Å². The zero-order chi connectivity index (χ0) is 13.3. The molecule has 0 fully saturated rings. The van der Waals surface area contributed by atoms with E-state index in [1.54, 1.807) is 0 Å². The summed E-state index contributed by atoms with van der Waals surface area (Å²) in [6.45, 7) is 0.725. The summed E-state index contributed by atoms with van der Waals surface area (Å²) in [6, 6.07) is 1.08. The minimum atomic E-state index is -0.841. The molecule has 0 heterocycles. The van der Waals surface area contributed by atoms with Crippen LogP contribution >= 0.6 is 0 Å². The van der Waals surface area contributed by atoms with Crippen LogP contribution in [-0.2, 0) is 19.1 Å². The van der Waals surface area contributed by atoms with Gasteiger partial charge in [-0.25, -0.2) is 0 Å². The summed E-state index contributed by atoms with van der Waals surface area (Å²) < 4.78 is 4.45. The molecule has 0 aromatic rings. The molecule has 7 nitrogen and oxygen atoms in total. The Morgan fingerprint density at radius 1 is 1.47 bits per heavy atom. The van der Waals surface area contributed by atoms with E-state index in [1.807, 2.05) is 6.07 Å². The third-order valence-electron chi connectivity index (χ3n) is 1.87. The summed E-state index contributed by atoms with van der Waals surface area (Å²) >= 11 is 0. The van der Waals surface area contributed by atoms with E-state index in [-0.39, 0.29) is 12.8 Å². The minimum Gasteiger partial charge on any atom is -0.456 e. The van der Waals surface area contributed by atoms with Gasteiger partial charge in [0.2, 0.25) is 5.91 Å². The SMILES string of the molecule is CC(=O)OCC(=O)N[C@@H](CCCC#N)C(N)=O. The normalized spacial score (nSPS) is 11.1. The van der Waals surface area contributed by atoms with E-state index >= 15 is 0 Å². The van der Waals surface area contributed by atoms with Gasteiger partial charge in [0, 0.05) is 13.3 Å². The minimum absolute atomic E-state index is 0.281. The molecule has 0 rings (SSSR count). The van der Waals surface area contributed by atoms with Crippen molar-refractivity contribution in [1.29, 1.82) is 5.26 Å². The molecule has 0 spiro atoms. The third kappa shape index (κ3) is 7.79. The fourth-order valence-electron chi connectivity index (χ4n) is 1.07. The maximum absolute atomic E-state index is 11.2. The van der Waals surface area contributed by atoms with Crippen molar-refractivity contribution in [3.8, 4) is 6.07 Å². The quantitative estimate of drug-likeness (QED) is 0.447. The largest absolute Gasteiger partial charge is 0.456 e. The van der Waals surface area contributed by atoms with Crippen LogP contribution in [-0.4, -0.2) is 30.4 Å². The first kappa shape index (κ1) is 14.9. The molecule has 0 aromatic carbocycles. The lowest BCUT2D eigenvalue weighted by Crippen LogP contribution is -2.45. The number of nitrogens with zero attached hydrogens (tertiary/aromatic N) is 1. The number of nitrogens with two attached hydrogens (primary N) is 1. The number of nitrogens with one attached hydrogen (secondary N) is 1. The highest BCUT2D eigenvalue weighted by atomic mass is 16.5. The number of hydrogen-bond acceptors (Lipinski definition) is 5. The van der Waals surface area contributed by atoms with Crippen LogP contribution in [0.1, 0.15) is 26.2 Å². The third-order valence-corrected chi connectivity index (χ3v) is 1.87. The van der Waals surface area contributed by atoms with E-state index in [4.69, 9.17) is 11.0 Å². The van der Waals surface area contributed by atoms with Crippen molar-refractivity contribution >= 4 is 17.8 Å². The second-order valence-corrected chi connectivity index (χ2v) is 3.35. The number of carbonyl (C=O) groups is 3. The molecule has 0 radical (unpaired) electrons. The van der Waals surface area contributed by atoms with Crippen molar-refractivity contribution in [3.63, 3.8) is 0 Å². The van der Waals surface area contributed by atoms with E-state index < -0.39 is 30.4 Å². The molecule has 2 amide bonds. The molecule has 0 aliphatic carbocycles. The number of amides is 2. The molecule has 0 bridgehead atoms. The van der Waals surface area contributed by atoms with Gasteiger partial charge in [0.05, 0.1) is 6.07 Å². The number of hydrogen-bond donors (Lipinski definition) is 2. The molecule has 7 heteroatoms. The first-order valence-corrected chi connectivity index (χ1v) is 5.06. The van der Waals surface area contributed by atoms with Gasteiger partial charge in [-0.15, -0.1) is 0 Å². The number of unbranched alkanes of at least 4 members (excludes halogenated alkanes) is 1. The predicted octanol–water partition coefficient (Wildman–Crippen LogP) is -0.787. The highest BCUT2D eigenvalue weighted by Gasteiger charge is 2.17. The Hall–Kier alpha value is -2.10. The Morgan fingerprint density at radius 2 is 2.12 bits per heavy atom. The lowest BCUT2D eigenvalue weighted by Gasteiger charge is -2.14.